The summed E-state index contributed by atoms with van der Waals surface area (Å²) in [5.74, 6) is 1.85. The number of rotatable bonds is 5. The Hall–Kier alpha value is -0.700. The van der Waals surface area contributed by atoms with Gasteiger partial charge >= 0.3 is 0 Å². The molecule has 0 radical (unpaired) electrons. The molecule has 0 unspecified atom stereocenters. The zero-order chi connectivity index (χ0) is 13.8. The molecule has 20 heavy (non-hydrogen) atoms. The minimum atomic E-state index is 0. The maximum Gasteiger partial charge on any atom is 0.189 e. The van der Waals surface area contributed by atoms with Gasteiger partial charge in [-0.05, 0) is 46.5 Å². The molecule has 1 aromatic carbocycles. The third kappa shape index (κ3) is 4.69. The van der Waals surface area contributed by atoms with Gasteiger partial charge in [-0.1, -0.05) is 0 Å². The van der Waals surface area contributed by atoms with Crippen LogP contribution in [0.25, 0.3) is 0 Å². The van der Waals surface area contributed by atoms with Crippen LogP contribution in [0.5, 0.6) is 11.5 Å². The van der Waals surface area contributed by atoms with Crippen LogP contribution in [0.1, 0.15) is 18.4 Å². The van der Waals surface area contributed by atoms with Gasteiger partial charge in [0.2, 0.25) is 0 Å². The summed E-state index contributed by atoms with van der Waals surface area (Å²) >= 11 is 3.46. The number of guanidine groups is 1. The van der Waals surface area contributed by atoms with Gasteiger partial charge in [0.1, 0.15) is 0 Å². The summed E-state index contributed by atoms with van der Waals surface area (Å²) < 4.78 is 11.4. The number of halogens is 2. The molecular weight excluding hydrogens is 437 g/mol. The predicted molar refractivity (Wildman–Crippen MR) is 94.1 cm³/mol. The summed E-state index contributed by atoms with van der Waals surface area (Å²) in [7, 11) is 3.22. The molecule has 0 atom stereocenters. The molecule has 3 N–H and O–H groups in total. The first kappa shape index (κ1) is 17.4. The van der Waals surface area contributed by atoms with E-state index in [1.165, 1.54) is 12.8 Å². The molecule has 0 aromatic heterocycles. The lowest BCUT2D eigenvalue weighted by atomic mass is 10.2. The Morgan fingerprint density at radius 2 is 2.10 bits per heavy atom. The lowest BCUT2D eigenvalue weighted by Crippen LogP contribution is -2.33. The average Bonchev–Trinajstić information content (AvgIpc) is 3.19. The number of nitrogens with two attached hydrogens (primary N) is 1. The van der Waals surface area contributed by atoms with E-state index in [2.05, 4.69) is 26.2 Å². The molecule has 0 heterocycles. The summed E-state index contributed by atoms with van der Waals surface area (Å²) in [5.41, 5.74) is 6.80. The van der Waals surface area contributed by atoms with Crippen molar-refractivity contribution in [1.82, 2.24) is 5.32 Å². The Bertz CT molecular complexity index is 493. The summed E-state index contributed by atoms with van der Waals surface area (Å²) in [4.78, 5) is 4.31. The summed E-state index contributed by atoms with van der Waals surface area (Å²) in [5, 5.41) is 3.15. The zero-order valence-electron chi connectivity index (χ0n) is 11.5. The van der Waals surface area contributed by atoms with Gasteiger partial charge in [-0.15, -0.1) is 24.0 Å². The second-order valence-corrected chi connectivity index (χ2v) is 5.29. The molecule has 1 aliphatic rings. The molecule has 0 aliphatic heterocycles. The number of aliphatic imine (C=N–C) groups is 1. The van der Waals surface area contributed by atoms with Crippen molar-refractivity contribution in [2.75, 3.05) is 14.2 Å². The minimum Gasteiger partial charge on any atom is -0.493 e. The maximum atomic E-state index is 5.80. The van der Waals surface area contributed by atoms with Crippen molar-refractivity contribution < 1.29 is 9.47 Å². The first-order valence-electron chi connectivity index (χ1n) is 6.11. The lowest BCUT2D eigenvalue weighted by Gasteiger charge is -2.11. The molecule has 1 aliphatic carbocycles. The molecule has 112 valence electrons. The quantitative estimate of drug-likeness (QED) is 0.407. The van der Waals surface area contributed by atoms with E-state index in [1.54, 1.807) is 14.2 Å². The molecule has 1 saturated carbocycles. The highest BCUT2D eigenvalue weighted by molar-refractivity contribution is 14.0. The van der Waals surface area contributed by atoms with Gasteiger partial charge in [0.25, 0.3) is 0 Å². The Morgan fingerprint density at radius 1 is 1.40 bits per heavy atom. The Balaban J connectivity index is 0.00000200. The van der Waals surface area contributed by atoms with Gasteiger partial charge in [-0.2, -0.15) is 0 Å². The normalized spacial score (nSPS) is 14.4. The highest BCUT2D eigenvalue weighted by Gasteiger charge is 2.21. The van der Waals surface area contributed by atoms with Crippen molar-refractivity contribution in [3.05, 3.63) is 22.2 Å². The Labute approximate surface area is 144 Å². The van der Waals surface area contributed by atoms with Crippen LogP contribution < -0.4 is 20.5 Å². The van der Waals surface area contributed by atoms with Crippen LogP contribution in [-0.2, 0) is 6.54 Å². The Morgan fingerprint density at radius 3 is 2.65 bits per heavy atom. The smallest absolute Gasteiger partial charge is 0.189 e. The molecule has 0 saturated heterocycles. The van der Waals surface area contributed by atoms with Gasteiger partial charge in [0.05, 0.1) is 25.2 Å². The van der Waals surface area contributed by atoms with Crippen LogP contribution in [0.3, 0.4) is 0 Å². The molecule has 0 amide bonds. The van der Waals surface area contributed by atoms with E-state index in [1.807, 2.05) is 12.1 Å². The highest BCUT2D eigenvalue weighted by Crippen LogP contribution is 2.36. The summed E-state index contributed by atoms with van der Waals surface area (Å²) in [6.07, 6.45) is 2.36. The third-order valence-electron chi connectivity index (χ3n) is 2.85. The van der Waals surface area contributed by atoms with Gasteiger partial charge in [0, 0.05) is 6.04 Å². The van der Waals surface area contributed by atoms with E-state index in [9.17, 15) is 0 Å². The molecule has 2 rings (SSSR count). The average molecular weight is 456 g/mol. The van der Waals surface area contributed by atoms with Gasteiger partial charge in [-0.3, -0.25) is 0 Å². The van der Waals surface area contributed by atoms with Crippen LogP contribution >= 0.6 is 39.9 Å². The first-order chi connectivity index (χ1) is 9.13. The standard InChI is InChI=1S/C13H18BrN3O2.HI/c1-18-11-6-8(5-10(14)12(11)19-2)7-16-13(15)17-9-3-4-9;/h5-6,9H,3-4,7H2,1-2H3,(H3,15,16,17);1H. The van der Waals surface area contributed by atoms with Crippen molar-refractivity contribution in [2.45, 2.75) is 25.4 Å². The maximum absolute atomic E-state index is 5.80. The fraction of sp³-hybridized carbons (Fsp3) is 0.462. The Kier molecular flexibility index (Phi) is 6.87. The predicted octanol–water partition coefficient (Wildman–Crippen LogP) is 2.65. The fourth-order valence-corrected chi connectivity index (χ4v) is 2.37. The van der Waals surface area contributed by atoms with Crippen LogP contribution in [0.4, 0.5) is 0 Å². The van der Waals surface area contributed by atoms with E-state index < -0.39 is 0 Å². The molecule has 5 nitrogen and oxygen atoms in total. The number of hydrogen-bond acceptors (Lipinski definition) is 3. The van der Waals surface area contributed by atoms with Crippen LogP contribution in [0, 0.1) is 0 Å². The van der Waals surface area contributed by atoms with E-state index >= 15 is 0 Å². The number of nitrogens with zero attached hydrogens (tertiary/aromatic N) is 1. The van der Waals surface area contributed by atoms with Crippen LogP contribution in [0.2, 0.25) is 0 Å². The monoisotopic (exact) mass is 455 g/mol. The molecule has 1 aromatic rings. The van der Waals surface area contributed by atoms with E-state index in [0.717, 1.165) is 10.0 Å². The highest BCUT2D eigenvalue weighted by atomic mass is 127. The molecule has 0 spiro atoms. The number of methoxy groups -OCH3 is 2. The summed E-state index contributed by atoms with van der Waals surface area (Å²) in [6, 6.07) is 4.37. The van der Waals surface area contributed by atoms with Crippen molar-refractivity contribution in [3.8, 4) is 11.5 Å². The molecule has 1 fully saturated rings. The lowest BCUT2D eigenvalue weighted by molar-refractivity contribution is 0.352. The van der Waals surface area contributed by atoms with Crippen molar-refractivity contribution in [3.63, 3.8) is 0 Å². The molecule has 7 heteroatoms. The topological polar surface area (TPSA) is 68.9 Å². The summed E-state index contributed by atoms with van der Waals surface area (Å²) in [6.45, 7) is 0.504. The van der Waals surface area contributed by atoms with Crippen LogP contribution in [0.15, 0.2) is 21.6 Å². The largest absolute Gasteiger partial charge is 0.493 e. The zero-order valence-corrected chi connectivity index (χ0v) is 15.4. The molecular formula is C13H19BrIN3O2. The van der Waals surface area contributed by atoms with Gasteiger partial charge in [0.15, 0.2) is 17.5 Å². The SMILES string of the molecule is COc1cc(CN=C(N)NC2CC2)cc(Br)c1OC.I. The number of nitrogens with one attached hydrogen (secondary N) is 1. The van der Waals surface area contributed by atoms with Gasteiger partial charge < -0.3 is 20.5 Å². The van der Waals surface area contributed by atoms with Crippen LogP contribution in [-0.4, -0.2) is 26.2 Å². The molecule has 0 bridgehead atoms. The number of hydrogen-bond donors (Lipinski definition) is 2. The second kappa shape index (κ2) is 7.92. The fourth-order valence-electron chi connectivity index (χ4n) is 1.72. The van der Waals surface area contributed by atoms with Gasteiger partial charge in [-0.25, -0.2) is 4.99 Å². The van der Waals surface area contributed by atoms with Crippen molar-refractivity contribution in [1.29, 1.82) is 0 Å². The first-order valence-corrected chi connectivity index (χ1v) is 6.90. The van der Waals surface area contributed by atoms with E-state index in [0.29, 0.717) is 30.0 Å². The van der Waals surface area contributed by atoms with Crippen molar-refractivity contribution in [2.24, 2.45) is 10.7 Å². The number of ether oxygens (including phenoxy) is 2. The second-order valence-electron chi connectivity index (χ2n) is 4.43. The van der Waals surface area contributed by atoms with Crippen molar-refractivity contribution >= 4 is 45.9 Å². The van der Waals surface area contributed by atoms with E-state index in [4.69, 9.17) is 15.2 Å². The minimum absolute atomic E-state index is 0. The van der Waals surface area contributed by atoms with E-state index in [-0.39, 0.29) is 24.0 Å². The third-order valence-corrected chi connectivity index (χ3v) is 3.44. The number of benzene rings is 1.